The maximum Gasteiger partial charge on any atom is 0.0947 e. The van der Waals surface area contributed by atoms with Gasteiger partial charge in [0.05, 0.1) is 17.3 Å². The van der Waals surface area contributed by atoms with Crippen LogP contribution in [-0.4, -0.2) is 24.2 Å². The van der Waals surface area contributed by atoms with E-state index in [1.807, 2.05) is 0 Å². The zero-order valence-electron chi connectivity index (χ0n) is 10.5. The quantitative estimate of drug-likeness (QED) is 0.633. The monoisotopic (exact) mass is 255 g/mol. The summed E-state index contributed by atoms with van der Waals surface area (Å²) < 4.78 is 5.52. The summed E-state index contributed by atoms with van der Waals surface area (Å²) in [6, 6.07) is 0.278. The number of hydrogen-bond acceptors (Lipinski definition) is 5. The van der Waals surface area contributed by atoms with Crippen molar-refractivity contribution in [2.45, 2.75) is 39.2 Å². The van der Waals surface area contributed by atoms with Gasteiger partial charge in [0.1, 0.15) is 0 Å². The van der Waals surface area contributed by atoms with Crippen molar-refractivity contribution >= 4 is 11.3 Å². The lowest BCUT2D eigenvalue weighted by Crippen LogP contribution is -2.45. The van der Waals surface area contributed by atoms with Gasteiger partial charge in [-0.1, -0.05) is 0 Å². The highest BCUT2D eigenvalue weighted by atomic mass is 32.1. The SMILES string of the molecule is Cc1nc(CC(NN)C2CCCOC2)sc1C. The third-order valence-corrected chi connectivity index (χ3v) is 4.54. The molecule has 0 saturated carbocycles. The molecule has 1 aliphatic heterocycles. The summed E-state index contributed by atoms with van der Waals surface area (Å²) in [5, 5.41) is 1.17. The molecular weight excluding hydrogens is 234 g/mol. The highest BCUT2D eigenvalue weighted by molar-refractivity contribution is 7.11. The summed E-state index contributed by atoms with van der Waals surface area (Å²) in [5.41, 5.74) is 4.08. The van der Waals surface area contributed by atoms with Gasteiger partial charge in [-0.2, -0.15) is 0 Å². The molecular formula is C12H21N3OS. The van der Waals surface area contributed by atoms with E-state index in [0.29, 0.717) is 5.92 Å². The molecule has 1 aliphatic rings. The molecule has 96 valence electrons. The van der Waals surface area contributed by atoms with Gasteiger partial charge in [0, 0.05) is 23.9 Å². The summed E-state index contributed by atoms with van der Waals surface area (Å²) in [4.78, 5) is 5.88. The molecule has 17 heavy (non-hydrogen) atoms. The molecule has 2 atom stereocenters. The van der Waals surface area contributed by atoms with Crippen LogP contribution in [0.1, 0.15) is 28.4 Å². The first-order valence-electron chi connectivity index (χ1n) is 6.17. The molecule has 3 N–H and O–H groups in total. The predicted octanol–water partition coefficient (Wildman–Crippen LogP) is 1.56. The van der Waals surface area contributed by atoms with Gasteiger partial charge in [-0.05, 0) is 32.6 Å². The predicted molar refractivity (Wildman–Crippen MR) is 69.9 cm³/mol. The standard InChI is InChI=1S/C12H21N3OS/c1-8-9(2)17-12(14-8)6-11(15-13)10-4-3-5-16-7-10/h10-11,15H,3-7,13H2,1-2H3. The first kappa shape index (κ1) is 13.0. The number of thiazole rings is 1. The van der Waals surface area contributed by atoms with Crippen LogP contribution < -0.4 is 11.3 Å². The molecule has 1 aromatic heterocycles. The van der Waals surface area contributed by atoms with E-state index in [-0.39, 0.29) is 6.04 Å². The smallest absolute Gasteiger partial charge is 0.0947 e. The number of aromatic nitrogens is 1. The maximum atomic E-state index is 5.67. The second kappa shape index (κ2) is 5.91. The van der Waals surface area contributed by atoms with Crippen molar-refractivity contribution < 1.29 is 4.74 Å². The van der Waals surface area contributed by atoms with E-state index >= 15 is 0 Å². The van der Waals surface area contributed by atoms with Gasteiger partial charge in [-0.25, -0.2) is 4.98 Å². The van der Waals surface area contributed by atoms with Gasteiger partial charge in [-0.3, -0.25) is 11.3 Å². The molecule has 0 spiro atoms. The molecule has 1 saturated heterocycles. The van der Waals surface area contributed by atoms with Crippen LogP contribution >= 0.6 is 11.3 Å². The van der Waals surface area contributed by atoms with Gasteiger partial charge < -0.3 is 4.74 Å². The number of nitrogens with zero attached hydrogens (tertiary/aromatic N) is 1. The topological polar surface area (TPSA) is 60.2 Å². The Morgan fingerprint density at radius 3 is 2.94 bits per heavy atom. The average molecular weight is 255 g/mol. The van der Waals surface area contributed by atoms with E-state index < -0.39 is 0 Å². The van der Waals surface area contributed by atoms with E-state index in [4.69, 9.17) is 10.6 Å². The Morgan fingerprint density at radius 1 is 1.59 bits per heavy atom. The molecule has 2 heterocycles. The van der Waals surface area contributed by atoms with Crippen molar-refractivity contribution in [3.8, 4) is 0 Å². The van der Waals surface area contributed by atoms with Crippen LogP contribution in [-0.2, 0) is 11.2 Å². The summed E-state index contributed by atoms with van der Waals surface area (Å²) in [6.45, 7) is 5.89. The van der Waals surface area contributed by atoms with Gasteiger partial charge in [-0.15, -0.1) is 11.3 Å². The van der Waals surface area contributed by atoms with Crippen molar-refractivity contribution in [2.75, 3.05) is 13.2 Å². The first-order chi connectivity index (χ1) is 8.20. The Hall–Kier alpha value is -0.490. The van der Waals surface area contributed by atoms with Crippen LogP contribution in [0.15, 0.2) is 0 Å². The van der Waals surface area contributed by atoms with Gasteiger partial charge in [0.15, 0.2) is 0 Å². The fourth-order valence-corrected chi connectivity index (χ4v) is 3.25. The third-order valence-electron chi connectivity index (χ3n) is 3.45. The Morgan fingerprint density at radius 2 is 2.41 bits per heavy atom. The van der Waals surface area contributed by atoms with Gasteiger partial charge >= 0.3 is 0 Å². The molecule has 2 unspecified atom stereocenters. The number of aryl methyl sites for hydroxylation is 2. The number of nitrogens with one attached hydrogen (secondary N) is 1. The van der Waals surface area contributed by atoms with Gasteiger partial charge in [0.25, 0.3) is 0 Å². The lowest BCUT2D eigenvalue weighted by Gasteiger charge is -2.29. The van der Waals surface area contributed by atoms with Crippen molar-refractivity contribution in [3.05, 3.63) is 15.6 Å². The van der Waals surface area contributed by atoms with E-state index in [9.17, 15) is 0 Å². The van der Waals surface area contributed by atoms with E-state index in [0.717, 1.165) is 31.7 Å². The molecule has 0 aromatic carbocycles. The number of hydrazine groups is 1. The largest absolute Gasteiger partial charge is 0.381 e. The van der Waals surface area contributed by atoms with E-state index in [1.54, 1.807) is 11.3 Å². The van der Waals surface area contributed by atoms with Crippen molar-refractivity contribution in [2.24, 2.45) is 11.8 Å². The minimum Gasteiger partial charge on any atom is -0.381 e. The first-order valence-corrected chi connectivity index (χ1v) is 6.99. The van der Waals surface area contributed by atoms with E-state index in [1.165, 1.54) is 16.3 Å². The van der Waals surface area contributed by atoms with Crippen LogP contribution in [0.4, 0.5) is 0 Å². The number of ether oxygens (including phenoxy) is 1. The van der Waals surface area contributed by atoms with Gasteiger partial charge in [0.2, 0.25) is 0 Å². The molecule has 0 aliphatic carbocycles. The molecule has 4 nitrogen and oxygen atoms in total. The number of rotatable bonds is 4. The normalized spacial score (nSPS) is 22.6. The molecule has 5 heteroatoms. The molecule has 1 aromatic rings. The summed E-state index contributed by atoms with van der Waals surface area (Å²) in [5.74, 6) is 6.18. The van der Waals surface area contributed by atoms with Crippen LogP contribution in [0.5, 0.6) is 0 Å². The second-order valence-electron chi connectivity index (χ2n) is 4.70. The Bertz CT molecular complexity index is 341. The molecule has 0 amide bonds. The van der Waals surface area contributed by atoms with Crippen LogP contribution in [0.3, 0.4) is 0 Å². The zero-order chi connectivity index (χ0) is 12.3. The van der Waals surface area contributed by atoms with Crippen molar-refractivity contribution in [1.82, 2.24) is 10.4 Å². The summed E-state index contributed by atoms with van der Waals surface area (Å²) >= 11 is 1.77. The Labute approximate surface area is 107 Å². The second-order valence-corrected chi connectivity index (χ2v) is 5.99. The van der Waals surface area contributed by atoms with Crippen LogP contribution in [0.2, 0.25) is 0 Å². The van der Waals surface area contributed by atoms with Crippen LogP contribution in [0.25, 0.3) is 0 Å². The summed E-state index contributed by atoms with van der Waals surface area (Å²) in [6.07, 6.45) is 3.24. The molecule has 1 fully saturated rings. The Kier molecular flexibility index (Phi) is 4.50. The highest BCUT2D eigenvalue weighted by Crippen LogP contribution is 2.23. The highest BCUT2D eigenvalue weighted by Gasteiger charge is 2.24. The number of nitrogens with two attached hydrogens (primary N) is 1. The fraction of sp³-hybridized carbons (Fsp3) is 0.750. The van der Waals surface area contributed by atoms with Crippen molar-refractivity contribution in [1.29, 1.82) is 0 Å². The lowest BCUT2D eigenvalue weighted by atomic mass is 9.92. The lowest BCUT2D eigenvalue weighted by molar-refractivity contribution is 0.0393. The zero-order valence-corrected chi connectivity index (χ0v) is 11.3. The van der Waals surface area contributed by atoms with Crippen LogP contribution in [0, 0.1) is 19.8 Å². The minimum absolute atomic E-state index is 0.278. The van der Waals surface area contributed by atoms with E-state index in [2.05, 4.69) is 24.3 Å². The minimum atomic E-state index is 0.278. The molecule has 2 rings (SSSR count). The average Bonchev–Trinajstić information content (AvgIpc) is 2.67. The van der Waals surface area contributed by atoms with Crippen molar-refractivity contribution in [3.63, 3.8) is 0 Å². The number of hydrogen-bond donors (Lipinski definition) is 2. The molecule has 0 bridgehead atoms. The fourth-order valence-electron chi connectivity index (χ4n) is 2.26. The third kappa shape index (κ3) is 3.25. The Balaban J connectivity index is 1.98. The molecule has 0 radical (unpaired) electrons. The summed E-state index contributed by atoms with van der Waals surface area (Å²) in [7, 11) is 0. The maximum absolute atomic E-state index is 5.67.